The molecule has 0 radical (unpaired) electrons. The van der Waals surface area contributed by atoms with E-state index in [0.717, 1.165) is 0 Å². The predicted molar refractivity (Wildman–Crippen MR) is 103 cm³/mol. The Labute approximate surface area is 161 Å². The Hall–Kier alpha value is -2.41. The number of carbonyl (C=O) groups excluding carboxylic acids is 3. The monoisotopic (exact) mass is 378 g/mol. The van der Waals surface area contributed by atoms with Crippen LogP contribution >= 0.6 is 0 Å². The third-order valence-electron chi connectivity index (χ3n) is 3.83. The second kappa shape index (κ2) is 10.1. The molecule has 0 aliphatic carbocycles. The molecular weight excluding hydrogens is 348 g/mol. The largest absolute Gasteiger partial charge is 0.465 e. The normalized spacial score (nSPS) is 11.0. The number of rotatable bonds is 8. The van der Waals surface area contributed by atoms with E-state index in [-0.39, 0.29) is 24.6 Å². The first-order valence-corrected chi connectivity index (χ1v) is 9.06. The van der Waals surface area contributed by atoms with Crippen LogP contribution in [-0.4, -0.2) is 55.1 Å². The van der Waals surface area contributed by atoms with E-state index in [0.29, 0.717) is 24.2 Å². The van der Waals surface area contributed by atoms with Crippen LogP contribution < -0.4 is 5.32 Å². The fraction of sp³-hybridized carbons (Fsp3) is 0.550. The van der Waals surface area contributed by atoms with Gasteiger partial charge in [0.15, 0.2) is 0 Å². The van der Waals surface area contributed by atoms with Crippen molar-refractivity contribution < 1.29 is 23.9 Å². The maximum atomic E-state index is 12.8. The lowest BCUT2D eigenvalue weighted by Crippen LogP contribution is -2.33. The number of nitrogens with one attached hydrogen (secondary N) is 1. The van der Waals surface area contributed by atoms with Crippen molar-refractivity contribution in [1.82, 2.24) is 10.2 Å². The first kappa shape index (κ1) is 22.6. The van der Waals surface area contributed by atoms with Crippen LogP contribution in [0.25, 0.3) is 0 Å². The van der Waals surface area contributed by atoms with E-state index in [2.05, 4.69) is 5.32 Å². The summed E-state index contributed by atoms with van der Waals surface area (Å²) in [6.45, 7) is 10.4. The van der Waals surface area contributed by atoms with Gasteiger partial charge in [-0.25, -0.2) is 4.79 Å². The Morgan fingerprint density at radius 3 is 2.26 bits per heavy atom. The topological polar surface area (TPSA) is 84.9 Å². The summed E-state index contributed by atoms with van der Waals surface area (Å²) in [5, 5.41) is 2.96. The van der Waals surface area contributed by atoms with E-state index >= 15 is 0 Å². The quantitative estimate of drug-likeness (QED) is 0.699. The van der Waals surface area contributed by atoms with Crippen molar-refractivity contribution in [2.75, 3.05) is 26.7 Å². The van der Waals surface area contributed by atoms with E-state index in [4.69, 9.17) is 9.47 Å². The molecule has 1 aromatic rings. The van der Waals surface area contributed by atoms with Crippen molar-refractivity contribution in [3.63, 3.8) is 0 Å². The standard InChI is InChI=1S/C20H30N2O5/c1-7-22(8-2)18(24)15-11-9-10-14(17(15)19(25)26-6)12-21-13-16(23)27-20(3,4)5/h9-11,21H,7-8,12-13H2,1-6H3. The molecule has 150 valence electrons. The summed E-state index contributed by atoms with van der Waals surface area (Å²) in [5.74, 6) is -1.20. The number of methoxy groups -OCH3 is 1. The van der Waals surface area contributed by atoms with Crippen molar-refractivity contribution in [2.24, 2.45) is 0 Å². The van der Waals surface area contributed by atoms with Gasteiger partial charge in [-0.15, -0.1) is 0 Å². The van der Waals surface area contributed by atoms with Crippen molar-refractivity contribution in [3.05, 3.63) is 34.9 Å². The molecule has 0 aliphatic heterocycles. The molecule has 0 saturated heterocycles. The SMILES string of the molecule is CCN(CC)C(=O)c1cccc(CNCC(=O)OC(C)(C)C)c1C(=O)OC. The van der Waals surface area contributed by atoms with E-state index in [9.17, 15) is 14.4 Å². The Morgan fingerprint density at radius 2 is 1.74 bits per heavy atom. The van der Waals surface area contributed by atoms with Crippen molar-refractivity contribution in [1.29, 1.82) is 0 Å². The molecule has 0 atom stereocenters. The van der Waals surface area contributed by atoms with Crippen LogP contribution in [-0.2, 0) is 20.8 Å². The van der Waals surface area contributed by atoms with Crippen molar-refractivity contribution in [2.45, 2.75) is 46.8 Å². The summed E-state index contributed by atoms with van der Waals surface area (Å²) < 4.78 is 10.1. The molecule has 1 rings (SSSR count). The van der Waals surface area contributed by atoms with E-state index in [1.165, 1.54) is 7.11 Å². The maximum Gasteiger partial charge on any atom is 0.338 e. The van der Waals surface area contributed by atoms with Gasteiger partial charge in [-0.05, 0) is 46.2 Å². The summed E-state index contributed by atoms with van der Waals surface area (Å²) in [7, 11) is 1.28. The molecule has 0 spiro atoms. The highest BCUT2D eigenvalue weighted by Crippen LogP contribution is 2.19. The second-order valence-corrected chi connectivity index (χ2v) is 7.00. The van der Waals surface area contributed by atoms with Gasteiger partial charge in [-0.2, -0.15) is 0 Å². The molecule has 0 fully saturated rings. The number of ether oxygens (including phenoxy) is 2. The van der Waals surface area contributed by atoms with Gasteiger partial charge in [0.2, 0.25) is 0 Å². The molecule has 1 amide bonds. The van der Waals surface area contributed by atoms with Gasteiger partial charge in [0.05, 0.1) is 24.8 Å². The zero-order chi connectivity index (χ0) is 20.6. The van der Waals surface area contributed by atoms with Crippen molar-refractivity contribution >= 4 is 17.8 Å². The van der Waals surface area contributed by atoms with E-state index in [1.807, 2.05) is 13.8 Å². The van der Waals surface area contributed by atoms with Crippen LogP contribution in [0.5, 0.6) is 0 Å². The lowest BCUT2D eigenvalue weighted by molar-refractivity contribution is -0.153. The highest BCUT2D eigenvalue weighted by Gasteiger charge is 2.24. The number of hydrogen-bond donors (Lipinski definition) is 1. The molecule has 27 heavy (non-hydrogen) atoms. The third-order valence-corrected chi connectivity index (χ3v) is 3.83. The Kier molecular flexibility index (Phi) is 8.43. The summed E-state index contributed by atoms with van der Waals surface area (Å²) in [6, 6.07) is 5.06. The maximum absolute atomic E-state index is 12.8. The van der Waals surface area contributed by atoms with Crippen molar-refractivity contribution in [3.8, 4) is 0 Å². The average Bonchev–Trinajstić information content (AvgIpc) is 2.60. The smallest absolute Gasteiger partial charge is 0.338 e. The van der Waals surface area contributed by atoms with E-state index in [1.54, 1.807) is 43.9 Å². The van der Waals surface area contributed by atoms with Gasteiger partial charge in [-0.3, -0.25) is 9.59 Å². The zero-order valence-electron chi connectivity index (χ0n) is 17.0. The number of hydrogen-bond acceptors (Lipinski definition) is 6. The third kappa shape index (κ3) is 6.67. The minimum Gasteiger partial charge on any atom is -0.465 e. The van der Waals surface area contributed by atoms with Gasteiger partial charge >= 0.3 is 11.9 Å². The minimum absolute atomic E-state index is 0.00784. The Balaban J connectivity index is 3.03. The molecule has 0 aliphatic rings. The average molecular weight is 378 g/mol. The molecule has 0 heterocycles. The second-order valence-electron chi connectivity index (χ2n) is 7.00. The summed E-state index contributed by atoms with van der Waals surface area (Å²) in [5.41, 5.74) is 0.533. The summed E-state index contributed by atoms with van der Waals surface area (Å²) in [4.78, 5) is 38.6. The van der Waals surface area contributed by atoms with Gasteiger partial charge < -0.3 is 19.7 Å². The summed E-state index contributed by atoms with van der Waals surface area (Å²) >= 11 is 0. The first-order valence-electron chi connectivity index (χ1n) is 9.06. The highest BCUT2D eigenvalue weighted by molar-refractivity contribution is 6.06. The molecule has 1 aromatic carbocycles. The fourth-order valence-electron chi connectivity index (χ4n) is 2.63. The van der Waals surface area contributed by atoms with Crippen LogP contribution in [0.3, 0.4) is 0 Å². The van der Waals surface area contributed by atoms with Crippen LogP contribution in [0.4, 0.5) is 0 Å². The van der Waals surface area contributed by atoms with Crippen LogP contribution in [0, 0.1) is 0 Å². The van der Waals surface area contributed by atoms with Crippen LogP contribution in [0.1, 0.15) is 60.9 Å². The van der Waals surface area contributed by atoms with E-state index < -0.39 is 17.5 Å². The molecular formula is C20H30N2O5. The minimum atomic E-state index is -0.583. The van der Waals surface area contributed by atoms with Crippen LogP contribution in [0.2, 0.25) is 0 Å². The number of esters is 2. The lowest BCUT2D eigenvalue weighted by Gasteiger charge is -2.21. The lowest BCUT2D eigenvalue weighted by atomic mass is 9.99. The van der Waals surface area contributed by atoms with Gasteiger partial charge in [0.25, 0.3) is 5.91 Å². The molecule has 0 saturated carbocycles. The van der Waals surface area contributed by atoms with Gasteiger partial charge in [-0.1, -0.05) is 12.1 Å². The molecule has 1 N–H and O–H groups in total. The number of amides is 1. The zero-order valence-corrected chi connectivity index (χ0v) is 17.0. The highest BCUT2D eigenvalue weighted by atomic mass is 16.6. The van der Waals surface area contributed by atoms with Gasteiger partial charge in [0, 0.05) is 19.6 Å². The molecule has 7 nitrogen and oxygen atoms in total. The Morgan fingerprint density at radius 1 is 1.11 bits per heavy atom. The predicted octanol–water partition coefficient (Wildman–Crippen LogP) is 2.39. The Bertz CT molecular complexity index is 675. The first-order chi connectivity index (χ1) is 12.6. The number of benzene rings is 1. The molecule has 7 heteroatoms. The van der Waals surface area contributed by atoms with Gasteiger partial charge in [0.1, 0.15) is 5.60 Å². The molecule has 0 unspecified atom stereocenters. The number of nitrogens with zero attached hydrogens (tertiary/aromatic N) is 1. The molecule has 0 aromatic heterocycles. The fourth-order valence-corrected chi connectivity index (χ4v) is 2.63. The summed E-state index contributed by atoms with van der Waals surface area (Å²) in [6.07, 6.45) is 0. The molecule has 0 bridgehead atoms. The number of carbonyl (C=O) groups is 3. The van der Waals surface area contributed by atoms with Crippen LogP contribution in [0.15, 0.2) is 18.2 Å².